The summed E-state index contributed by atoms with van der Waals surface area (Å²) in [5.74, 6) is 0. The second-order valence-corrected chi connectivity index (χ2v) is 6.19. The summed E-state index contributed by atoms with van der Waals surface area (Å²) >= 11 is 5.62. The molecule has 0 bridgehead atoms. The molecule has 1 aromatic rings. The Morgan fingerprint density at radius 2 is 2.07 bits per heavy atom. The molecule has 0 aliphatic heterocycles. The standard InChI is InChI=1S/C9H12ClNO3S/c1-15(13,14)9(10)8(12)6-3-2-4-7(11)5-6/h2-5,8-9,12H,11H2,1H3/t8-,9-/m0/s1. The van der Waals surface area contributed by atoms with E-state index in [0.29, 0.717) is 11.3 Å². The van der Waals surface area contributed by atoms with Gasteiger partial charge in [-0.1, -0.05) is 12.1 Å². The number of benzene rings is 1. The molecule has 0 fully saturated rings. The molecule has 4 nitrogen and oxygen atoms in total. The number of sulfone groups is 1. The lowest BCUT2D eigenvalue weighted by molar-refractivity contribution is 0.192. The van der Waals surface area contributed by atoms with Crippen molar-refractivity contribution in [2.24, 2.45) is 0 Å². The molecule has 6 heteroatoms. The van der Waals surface area contributed by atoms with E-state index in [1.807, 2.05) is 0 Å². The maximum atomic E-state index is 11.1. The first kappa shape index (κ1) is 12.3. The Morgan fingerprint density at radius 1 is 1.47 bits per heavy atom. The Kier molecular flexibility index (Phi) is 3.59. The van der Waals surface area contributed by atoms with Crippen molar-refractivity contribution >= 4 is 27.1 Å². The highest BCUT2D eigenvalue weighted by Gasteiger charge is 2.27. The van der Waals surface area contributed by atoms with Gasteiger partial charge in [0.05, 0.1) is 0 Å². The van der Waals surface area contributed by atoms with Gasteiger partial charge in [0.1, 0.15) is 6.10 Å². The molecule has 0 saturated carbocycles. The van der Waals surface area contributed by atoms with E-state index < -0.39 is 20.7 Å². The molecule has 1 rings (SSSR count). The normalized spacial score (nSPS) is 15.9. The first-order valence-corrected chi connectivity index (χ1v) is 6.58. The van der Waals surface area contributed by atoms with E-state index in [1.54, 1.807) is 18.2 Å². The molecule has 84 valence electrons. The first-order valence-electron chi connectivity index (χ1n) is 4.19. The number of hydrogen-bond donors (Lipinski definition) is 2. The molecule has 0 aliphatic rings. The highest BCUT2D eigenvalue weighted by Crippen LogP contribution is 2.25. The second-order valence-electron chi connectivity index (χ2n) is 3.30. The van der Waals surface area contributed by atoms with Crippen molar-refractivity contribution in [2.75, 3.05) is 12.0 Å². The summed E-state index contributed by atoms with van der Waals surface area (Å²) in [7, 11) is -3.49. The lowest BCUT2D eigenvalue weighted by Gasteiger charge is -2.15. The van der Waals surface area contributed by atoms with Gasteiger partial charge in [-0.15, -0.1) is 11.6 Å². The zero-order chi connectivity index (χ0) is 11.6. The summed E-state index contributed by atoms with van der Waals surface area (Å²) in [4.78, 5) is 0. The van der Waals surface area contributed by atoms with Crippen LogP contribution in [0, 0.1) is 0 Å². The van der Waals surface area contributed by atoms with Gasteiger partial charge in [-0.05, 0) is 17.7 Å². The Morgan fingerprint density at radius 3 is 2.53 bits per heavy atom. The molecule has 0 heterocycles. The van der Waals surface area contributed by atoms with Crippen LogP contribution < -0.4 is 5.73 Å². The van der Waals surface area contributed by atoms with Gasteiger partial charge in [0.25, 0.3) is 0 Å². The largest absolute Gasteiger partial charge is 0.399 e. The van der Waals surface area contributed by atoms with E-state index >= 15 is 0 Å². The van der Waals surface area contributed by atoms with Crippen molar-refractivity contribution in [1.29, 1.82) is 0 Å². The fraction of sp³-hybridized carbons (Fsp3) is 0.333. The average molecular weight is 250 g/mol. The summed E-state index contributed by atoms with van der Waals surface area (Å²) in [5, 5.41) is 9.68. The van der Waals surface area contributed by atoms with Crippen LogP contribution in [0.15, 0.2) is 24.3 Å². The number of alkyl halides is 1. The van der Waals surface area contributed by atoms with Crippen LogP contribution in [0.3, 0.4) is 0 Å². The molecule has 0 unspecified atom stereocenters. The van der Waals surface area contributed by atoms with Crippen LogP contribution >= 0.6 is 11.6 Å². The van der Waals surface area contributed by atoms with Gasteiger partial charge in [-0.3, -0.25) is 0 Å². The zero-order valence-corrected chi connectivity index (χ0v) is 9.66. The van der Waals surface area contributed by atoms with Crippen LogP contribution in [0.4, 0.5) is 5.69 Å². The Balaban J connectivity index is 3.00. The van der Waals surface area contributed by atoms with Crippen molar-refractivity contribution in [2.45, 2.75) is 10.8 Å². The summed E-state index contributed by atoms with van der Waals surface area (Å²) in [6.45, 7) is 0. The number of nitrogen functional groups attached to an aromatic ring is 1. The molecule has 0 saturated heterocycles. The maximum Gasteiger partial charge on any atom is 0.167 e. The van der Waals surface area contributed by atoms with Gasteiger partial charge in [-0.2, -0.15) is 0 Å². The number of nitrogens with two attached hydrogens (primary N) is 1. The Labute approximate surface area is 93.6 Å². The minimum Gasteiger partial charge on any atom is -0.399 e. The van der Waals surface area contributed by atoms with Gasteiger partial charge in [-0.25, -0.2) is 8.42 Å². The topological polar surface area (TPSA) is 80.4 Å². The summed E-state index contributed by atoms with van der Waals surface area (Å²) in [5.41, 5.74) is 6.34. The highest BCUT2D eigenvalue weighted by atomic mass is 35.5. The van der Waals surface area contributed by atoms with E-state index in [4.69, 9.17) is 17.3 Å². The van der Waals surface area contributed by atoms with Crippen LogP contribution in [0.1, 0.15) is 11.7 Å². The fourth-order valence-corrected chi connectivity index (χ4v) is 1.90. The summed E-state index contributed by atoms with van der Waals surface area (Å²) < 4.78 is 20.9. The summed E-state index contributed by atoms with van der Waals surface area (Å²) in [6, 6.07) is 6.33. The molecule has 15 heavy (non-hydrogen) atoms. The molecule has 0 amide bonds. The third-order valence-electron chi connectivity index (χ3n) is 1.91. The molecule has 0 aromatic heterocycles. The number of hydrogen-bond acceptors (Lipinski definition) is 4. The first-order chi connectivity index (χ1) is 6.82. The zero-order valence-electron chi connectivity index (χ0n) is 8.09. The minimum atomic E-state index is -3.49. The number of halogens is 1. The van der Waals surface area contributed by atoms with Gasteiger partial charge in [0.2, 0.25) is 0 Å². The molecule has 0 radical (unpaired) electrons. The third kappa shape index (κ3) is 3.09. The third-order valence-corrected chi connectivity index (χ3v) is 4.19. The van der Waals surface area contributed by atoms with Crippen LogP contribution in [0.2, 0.25) is 0 Å². The Hall–Kier alpha value is -0.780. The molecular weight excluding hydrogens is 238 g/mol. The van der Waals surface area contributed by atoms with Gasteiger partial charge in [0.15, 0.2) is 14.5 Å². The number of anilines is 1. The average Bonchev–Trinajstić information content (AvgIpc) is 2.14. The fourth-order valence-electron chi connectivity index (χ4n) is 1.13. The number of rotatable bonds is 3. The predicted octanol–water partition coefficient (Wildman–Crippen LogP) is 0.912. The highest BCUT2D eigenvalue weighted by molar-refractivity contribution is 7.92. The minimum absolute atomic E-state index is 0.389. The van der Waals surface area contributed by atoms with Crippen molar-refractivity contribution in [3.05, 3.63) is 29.8 Å². The molecule has 3 N–H and O–H groups in total. The van der Waals surface area contributed by atoms with Gasteiger partial charge < -0.3 is 10.8 Å². The SMILES string of the molecule is CS(=O)(=O)[C@H](Cl)[C@@H](O)c1cccc(N)c1. The molecular formula is C9H12ClNO3S. The molecule has 2 atom stereocenters. The Bertz CT molecular complexity index is 446. The number of aliphatic hydroxyl groups excluding tert-OH is 1. The van der Waals surface area contributed by atoms with Crippen LogP contribution in [-0.4, -0.2) is 24.5 Å². The van der Waals surface area contributed by atoms with Crippen molar-refractivity contribution in [3.8, 4) is 0 Å². The van der Waals surface area contributed by atoms with E-state index in [-0.39, 0.29) is 0 Å². The van der Waals surface area contributed by atoms with Crippen LogP contribution in [0.5, 0.6) is 0 Å². The van der Waals surface area contributed by atoms with Crippen molar-refractivity contribution in [3.63, 3.8) is 0 Å². The van der Waals surface area contributed by atoms with E-state index in [9.17, 15) is 13.5 Å². The van der Waals surface area contributed by atoms with Gasteiger partial charge in [0, 0.05) is 11.9 Å². The van der Waals surface area contributed by atoms with Crippen LogP contribution in [-0.2, 0) is 9.84 Å². The molecule has 1 aromatic carbocycles. The molecule has 0 aliphatic carbocycles. The monoisotopic (exact) mass is 249 g/mol. The maximum absolute atomic E-state index is 11.1. The van der Waals surface area contributed by atoms with Crippen LogP contribution in [0.25, 0.3) is 0 Å². The smallest absolute Gasteiger partial charge is 0.167 e. The second kappa shape index (κ2) is 4.38. The predicted molar refractivity (Wildman–Crippen MR) is 60.3 cm³/mol. The van der Waals surface area contributed by atoms with Crippen molar-refractivity contribution in [1.82, 2.24) is 0 Å². The van der Waals surface area contributed by atoms with Crippen molar-refractivity contribution < 1.29 is 13.5 Å². The lowest BCUT2D eigenvalue weighted by atomic mass is 10.1. The van der Waals surface area contributed by atoms with E-state index in [1.165, 1.54) is 6.07 Å². The molecule has 0 spiro atoms. The lowest BCUT2D eigenvalue weighted by Crippen LogP contribution is -2.21. The number of aliphatic hydroxyl groups is 1. The quantitative estimate of drug-likeness (QED) is 0.616. The van der Waals surface area contributed by atoms with E-state index in [0.717, 1.165) is 6.26 Å². The van der Waals surface area contributed by atoms with Gasteiger partial charge >= 0.3 is 0 Å². The van der Waals surface area contributed by atoms with E-state index in [2.05, 4.69) is 0 Å². The summed E-state index contributed by atoms with van der Waals surface area (Å²) in [6.07, 6.45) is -0.301.